The van der Waals surface area contributed by atoms with Gasteiger partial charge in [-0.1, -0.05) is 18.2 Å². The number of benzene rings is 1. The molecule has 0 aromatic heterocycles. The fourth-order valence-corrected chi connectivity index (χ4v) is 2.77. The lowest BCUT2D eigenvalue weighted by Gasteiger charge is -2.26. The number of aryl methyl sites for hydroxylation is 1. The molecule has 1 heterocycles. The van der Waals surface area contributed by atoms with Crippen LogP contribution in [0.2, 0.25) is 0 Å². The molecule has 1 aliphatic rings. The van der Waals surface area contributed by atoms with E-state index < -0.39 is 0 Å². The van der Waals surface area contributed by atoms with E-state index in [2.05, 4.69) is 29.2 Å². The van der Waals surface area contributed by atoms with E-state index in [-0.39, 0.29) is 0 Å². The van der Waals surface area contributed by atoms with Gasteiger partial charge in [-0.2, -0.15) is 11.8 Å². The number of para-hydroxylation sites is 1. The lowest BCUT2D eigenvalue weighted by atomic mass is 10.1. The zero-order valence-corrected chi connectivity index (χ0v) is 9.85. The fourth-order valence-electron chi connectivity index (χ4n) is 1.63. The second-order valence-electron chi connectivity index (χ2n) is 3.71. The number of hydrogen-bond donors (Lipinski definition) is 1. The molecular weight excluding hydrogens is 206 g/mol. The van der Waals surface area contributed by atoms with E-state index in [9.17, 15) is 0 Å². The summed E-state index contributed by atoms with van der Waals surface area (Å²) in [5.41, 5.74) is 1.32. The van der Waals surface area contributed by atoms with Crippen molar-refractivity contribution < 1.29 is 4.74 Å². The molecule has 0 unspecified atom stereocenters. The maximum Gasteiger partial charge on any atom is 0.122 e. The summed E-state index contributed by atoms with van der Waals surface area (Å²) in [7, 11) is 1.74. The van der Waals surface area contributed by atoms with Crippen molar-refractivity contribution in [2.45, 2.75) is 11.7 Å². The minimum absolute atomic E-state index is 0.833. The molecule has 15 heavy (non-hydrogen) atoms. The molecule has 3 heteroatoms. The van der Waals surface area contributed by atoms with Crippen molar-refractivity contribution in [3.05, 3.63) is 29.8 Å². The van der Waals surface area contributed by atoms with Gasteiger partial charge in [-0.15, -0.1) is 0 Å². The zero-order chi connectivity index (χ0) is 10.5. The summed E-state index contributed by atoms with van der Waals surface area (Å²) >= 11 is 2.06. The van der Waals surface area contributed by atoms with Gasteiger partial charge in [0, 0.05) is 18.3 Å². The molecule has 0 bridgehead atoms. The predicted molar refractivity (Wildman–Crippen MR) is 65.8 cm³/mol. The van der Waals surface area contributed by atoms with E-state index in [1.165, 1.54) is 24.4 Å². The van der Waals surface area contributed by atoms with Crippen molar-refractivity contribution in [3.63, 3.8) is 0 Å². The molecule has 1 aromatic carbocycles. The van der Waals surface area contributed by atoms with Crippen LogP contribution in [0.3, 0.4) is 0 Å². The monoisotopic (exact) mass is 223 g/mol. The van der Waals surface area contributed by atoms with Gasteiger partial charge in [0.05, 0.1) is 7.11 Å². The first-order chi connectivity index (χ1) is 7.40. The first kappa shape index (κ1) is 10.8. The molecule has 1 aromatic rings. The highest BCUT2D eigenvalue weighted by atomic mass is 32.2. The van der Waals surface area contributed by atoms with Crippen molar-refractivity contribution in [1.29, 1.82) is 0 Å². The van der Waals surface area contributed by atoms with Gasteiger partial charge in [0.2, 0.25) is 0 Å². The minimum atomic E-state index is 0.833. The molecule has 1 fully saturated rings. The molecule has 1 aliphatic heterocycles. The van der Waals surface area contributed by atoms with Crippen LogP contribution in [-0.2, 0) is 6.42 Å². The Hall–Kier alpha value is -0.670. The van der Waals surface area contributed by atoms with E-state index in [4.69, 9.17) is 4.74 Å². The number of hydrogen-bond acceptors (Lipinski definition) is 3. The maximum atomic E-state index is 5.32. The van der Waals surface area contributed by atoms with Crippen LogP contribution in [0.1, 0.15) is 5.56 Å². The summed E-state index contributed by atoms with van der Waals surface area (Å²) in [5, 5.41) is 4.12. The Balaban J connectivity index is 1.81. The first-order valence-corrected chi connectivity index (χ1v) is 6.39. The van der Waals surface area contributed by atoms with Crippen molar-refractivity contribution >= 4 is 11.8 Å². The first-order valence-electron chi connectivity index (χ1n) is 5.34. The molecule has 0 spiro atoms. The van der Waals surface area contributed by atoms with Crippen molar-refractivity contribution in [2.75, 3.05) is 26.0 Å². The molecule has 0 aliphatic carbocycles. The zero-order valence-electron chi connectivity index (χ0n) is 9.03. The van der Waals surface area contributed by atoms with Gasteiger partial charge in [-0.3, -0.25) is 0 Å². The Kier molecular flexibility index (Phi) is 3.92. The number of rotatable bonds is 5. The third-order valence-electron chi connectivity index (χ3n) is 2.66. The summed E-state index contributed by atoms with van der Waals surface area (Å²) < 4.78 is 5.32. The second-order valence-corrected chi connectivity index (χ2v) is 5.12. The molecule has 0 radical (unpaired) electrons. The van der Waals surface area contributed by atoms with E-state index >= 15 is 0 Å². The van der Waals surface area contributed by atoms with E-state index in [1.807, 2.05) is 12.1 Å². The molecule has 1 N–H and O–H groups in total. The summed E-state index contributed by atoms with van der Waals surface area (Å²) in [6.07, 6.45) is 1.10. The third-order valence-corrected chi connectivity index (χ3v) is 3.91. The Morgan fingerprint density at radius 1 is 1.40 bits per heavy atom. The van der Waals surface area contributed by atoms with Gasteiger partial charge in [0.25, 0.3) is 0 Å². The number of thioether (sulfide) groups is 1. The fraction of sp³-hybridized carbons (Fsp3) is 0.500. The second kappa shape index (κ2) is 5.42. The predicted octanol–water partition coefficient (Wildman–Crippen LogP) is 1.94. The SMILES string of the molecule is COc1ccccc1CCSC1CNC1. The number of nitrogens with one attached hydrogen (secondary N) is 1. The Bertz CT molecular complexity index is 312. The van der Waals surface area contributed by atoms with Crippen molar-refractivity contribution in [1.82, 2.24) is 5.32 Å². The molecule has 2 rings (SSSR count). The molecule has 0 amide bonds. The van der Waals surface area contributed by atoms with Gasteiger partial charge < -0.3 is 10.1 Å². The lowest BCUT2D eigenvalue weighted by Crippen LogP contribution is -2.44. The van der Waals surface area contributed by atoms with E-state index in [1.54, 1.807) is 7.11 Å². The Labute approximate surface area is 95.4 Å². The Morgan fingerprint density at radius 2 is 2.20 bits per heavy atom. The van der Waals surface area contributed by atoms with Crippen LogP contribution in [0, 0.1) is 0 Å². The van der Waals surface area contributed by atoms with Gasteiger partial charge in [0.1, 0.15) is 5.75 Å². The van der Waals surface area contributed by atoms with Gasteiger partial charge in [-0.25, -0.2) is 0 Å². The summed E-state index contributed by atoms with van der Waals surface area (Å²) in [4.78, 5) is 0. The average molecular weight is 223 g/mol. The highest BCUT2D eigenvalue weighted by Crippen LogP contribution is 2.21. The topological polar surface area (TPSA) is 21.3 Å². The number of ether oxygens (including phenoxy) is 1. The van der Waals surface area contributed by atoms with Crippen LogP contribution in [0.5, 0.6) is 5.75 Å². The summed E-state index contributed by atoms with van der Waals surface area (Å²) in [6.45, 7) is 2.35. The van der Waals surface area contributed by atoms with Crippen LogP contribution in [-0.4, -0.2) is 31.2 Å². The molecule has 82 valence electrons. The van der Waals surface area contributed by atoms with Crippen molar-refractivity contribution in [3.8, 4) is 5.75 Å². The van der Waals surface area contributed by atoms with Crippen LogP contribution >= 0.6 is 11.8 Å². The standard InChI is InChI=1S/C12H17NOS/c1-14-12-5-3-2-4-10(12)6-7-15-11-8-13-9-11/h2-5,11,13H,6-9H2,1H3. The van der Waals surface area contributed by atoms with E-state index in [0.717, 1.165) is 17.4 Å². The van der Waals surface area contributed by atoms with Crippen LogP contribution in [0.4, 0.5) is 0 Å². The lowest BCUT2D eigenvalue weighted by molar-refractivity contribution is 0.410. The molecule has 2 nitrogen and oxygen atoms in total. The summed E-state index contributed by atoms with van der Waals surface area (Å²) in [5.74, 6) is 2.21. The van der Waals surface area contributed by atoms with Crippen LogP contribution in [0.25, 0.3) is 0 Å². The van der Waals surface area contributed by atoms with Gasteiger partial charge >= 0.3 is 0 Å². The molecule has 1 saturated heterocycles. The minimum Gasteiger partial charge on any atom is -0.496 e. The largest absolute Gasteiger partial charge is 0.496 e. The molecular formula is C12H17NOS. The van der Waals surface area contributed by atoms with E-state index in [0.29, 0.717) is 0 Å². The van der Waals surface area contributed by atoms with Gasteiger partial charge in [-0.05, 0) is 23.8 Å². The number of methoxy groups -OCH3 is 1. The van der Waals surface area contributed by atoms with Gasteiger partial charge in [0.15, 0.2) is 0 Å². The highest BCUT2D eigenvalue weighted by Gasteiger charge is 2.16. The normalized spacial score (nSPS) is 16.1. The quantitative estimate of drug-likeness (QED) is 0.824. The van der Waals surface area contributed by atoms with Crippen molar-refractivity contribution in [2.24, 2.45) is 0 Å². The van der Waals surface area contributed by atoms with Crippen LogP contribution < -0.4 is 10.1 Å². The molecule has 0 saturated carbocycles. The highest BCUT2D eigenvalue weighted by molar-refractivity contribution is 8.00. The summed E-state index contributed by atoms with van der Waals surface area (Å²) in [6, 6.07) is 8.28. The Morgan fingerprint density at radius 3 is 2.87 bits per heavy atom. The smallest absolute Gasteiger partial charge is 0.122 e. The van der Waals surface area contributed by atoms with Crippen LogP contribution in [0.15, 0.2) is 24.3 Å². The molecule has 0 atom stereocenters. The average Bonchev–Trinajstić information content (AvgIpc) is 2.22. The maximum absolute atomic E-state index is 5.32. The third kappa shape index (κ3) is 2.89.